The van der Waals surface area contributed by atoms with E-state index in [9.17, 15) is 9.90 Å². The van der Waals surface area contributed by atoms with Crippen LogP contribution in [0.5, 0.6) is 5.75 Å². The SMILES string of the molecule is O=C(N[C@@H]1C[C@H]2CCN(C2)C1)c1ncc(-c2cccc(O)c2)s1. The maximum atomic E-state index is 12.4. The van der Waals surface area contributed by atoms with E-state index in [2.05, 4.69) is 15.2 Å². The first kappa shape index (κ1) is 14.7. The summed E-state index contributed by atoms with van der Waals surface area (Å²) in [6.07, 6.45) is 4.03. The van der Waals surface area contributed by atoms with Gasteiger partial charge in [0, 0.05) is 25.3 Å². The first-order chi connectivity index (χ1) is 11.2. The minimum absolute atomic E-state index is 0.0890. The number of benzene rings is 1. The molecule has 2 aliphatic rings. The van der Waals surface area contributed by atoms with Gasteiger partial charge in [-0.2, -0.15) is 0 Å². The fourth-order valence-electron chi connectivity index (χ4n) is 3.58. The smallest absolute Gasteiger partial charge is 0.280 e. The number of phenolic OH excluding ortho intramolecular Hbond substituents is 1. The Hall–Kier alpha value is -1.92. The highest BCUT2D eigenvalue weighted by Crippen LogP contribution is 2.29. The van der Waals surface area contributed by atoms with Crippen LogP contribution in [0.25, 0.3) is 10.4 Å². The van der Waals surface area contributed by atoms with Crippen molar-refractivity contribution in [3.63, 3.8) is 0 Å². The highest BCUT2D eigenvalue weighted by Gasteiger charge is 2.33. The Kier molecular flexibility index (Phi) is 3.79. The number of piperidine rings is 1. The van der Waals surface area contributed by atoms with Crippen LogP contribution in [0.1, 0.15) is 22.6 Å². The van der Waals surface area contributed by atoms with Crippen molar-refractivity contribution in [3.05, 3.63) is 35.5 Å². The summed E-state index contributed by atoms with van der Waals surface area (Å²) in [4.78, 5) is 20.0. The molecule has 3 heterocycles. The third-order valence-corrected chi connectivity index (χ3v) is 5.68. The standard InChI is InChI=1S/C17H19N3O2S/c21-14-3-1-2-12(7-14)15-8-18-17(23-15)16(22)19-13-6-11-4-5-20(9-11)10-13/h1-3,7-8,11,13,21H,4-6,9-10H2,(H,19,22)/t11-,13-/m1/s1. The lowest BCUT2D eigenvalue weighted by Gasteiger charge is -2.30. The Morgan fingerprint density at radius 2 is 2.30 bits per heavy atom. The molecule has 1 unspecified atom stereocenters. The number of carbonyl (C=O) groups excluding carboxylic acids is 1. The van der Waals surface area contributed by atoms with E-state index in [-0.39, 0.29) is 17.7 Å². The minimum Gasteiger partial charge on any atom is -0.508 e. The van der Waals surface area contributed by atoms with Crippen LogP contribution >= 0.6 is 11.3 Å². The number of nitrogens with one attached hydrogen (secondary N) is 1. The molecule has 0 aliphatic carbocycles. The predicted molar refractivity (Wildman–Crippen MR) is 89.6 cm³/mol. The van der Waals surface area contributed by atoms with Gasteiger partial charge in [0.25, 0.3) is 5.91 Å². The van der Waals surface area contributed by atoms with Crippen LogP contribution in [0.4, 0.5) is 0 Å². The van der Waals surface area contributed by atoms with Crippen molar-refractivity contribution in [3.8, 4) is 16.2 Å². The molecule has 6 heteroatoms. The third-order valence-electron chi connectivity index (χ3n) is 4.63. The van der Waals surface area contributed by atoms with E-state index < -0.39 is 0 Å². The molecule has 0 radical (unpaired) electrons. The van der Waals surface area contributed by atoms with Gasteiger partial charge >= 0.3 is 0 Å². The summed E-state index contributed by atoms with van der Waals surface area (Å²) in [5.74, 6) is 0.857. The number of thiazole rings is 1. The summed E-state index contributed by atoms with van der Waals surface area (Å²) in [6, 6.07) is 7.24. The molecule has 3 atom stereocenters. The molecule has 0 saturated carbocycles. The highest BCUT2D eigenvalue weighted by molar-refractivity contribution is 7.16. The van der Waals surface area contributed by atoms with Gasteiger partial charge in [0.15, 0.2) is 5.01 Å². The number of hydrogen-bond donors (Lipinski definition) is 2. The number of amides is 1. The van der Waals surface area contributed by atoms with Crippen molar-refractivity contribution in [1.29, 1.82) is 0 Å². The van der Waals surface area contributed by atoms with E-state index in [0.717, 1.165) is 35.9 Å². The van der Waals surface area contributed by atoms with Gasteiger partial charge in [-0.15, -0.1) is 11.3 Å². The maximum Gasteiger partial charge on any atom is 0.280 e. The summed E-state index contributed by atoms with van der Waals surface area (Å²) in [7, 11) is 0. The van der Waals surface area contributed by atoms with Gasteiger partial charge in [-0.25, -0.2) is 4.98 Å². The van der Waals surface area contributed by atoms with Crippen LogP contribution in [0, 0.1) is 5.92 Å². The van der Waals surface area contributed by atoms with E-state index in [1.165, 1.54) is 24.3 Å². The Morgan fingerprint density at radius 3 is 3.13 bits per heavy atom. The molecule has 1 aromatic heterocycles. The Labute approximate surface area is 139 Å². The molecular weight excluding hydrogens is 310 g/mol. The van der Waals surface area contributed by atoms with Gasteiger partial charge in [0.05, 0.1) is 4.88 Å². The lowest BCUT2D eigenvalue weighted by molar-refractivity contribution is 0.0909. The van der Waals surface area contributed by atoms with Crippen LogP contribution in [0.3, 0.4) is 0 Å². The predicted octanol–water partition coefficient (Wildman–Crippen LogP) is 2.34. The lowest BCUT2D eigenvalue weighted by Crippen LogP contribution is -2.46. The number of aromatic nitrogens is 1. The number of carbonyl (C=O) groups is 1. The molecule has 4 rings (SSSR count). The fraction of sp³-hybridized carbons (Fsp3) is 0.412. The molecular formula is C17H19N3O2S. The van der Waals surface area contributed by atoms with Gasteiger partial charge in [-0.05, 0) is 43.0 Å². The molecule has 1 aromatic carbocycles. The van der Waals surface area contributed by atoms with Crippen LogP contribution in [0.2, 0.25) is 0 Å². The van der Waals surface area contributed by atoms with E-state index in [1.807, 2.05) is 6.07 Å². The number of phenols is 1. The Morgan fingerprint density at radius 1 is 1.39 bits per heavy atom. The Bertz CT molecular complexity index is 718. The zero-order valence-corrected chi connectivity index (χ0v) is 13.6. The van der Waals surface area contributed by atoms with Crippen molar-refractivity contribution < 1.29 is 9.90 Å². The van der Waals surface area contributed by atoms with Gasteiger partial charge < -0.3 is 15.3 Å². The van der Waals surface area contributed by atoms with Gasteiger partial charge in [0.1, 0.15) is 5.75 Å². The Balaban J connectivity index is 1.45. The van der Waals surface area contributed by atoms with Gasteiger partial charge in [-0.3, -0.25) is 4.79 Å². The van der Waals surface area contributed by atoms with E-state index in [1.54, 1.807) is 24.4 Å². The molecule has 2 aromatic rings. The molecule has 1 amide bonds. The van der Waals surface area contributed by atoms with Crippen LogP contribution in [0.15, 0.2) is 30.5 Å². The average molecular weight is 329 g/mol. The summed E-state index contributed by atoms with van der Waals surface area (Å²) < 4.78 is 0. The summed E-state index contributed by atoms with van der Waals surface area (Å²) >= 11 is 1.36. The van der Waals surface area contributed by atoms with E-state index in [4.69, 9.17) is 0 Å². The highest BCUT2D eigenvalue weighted by atomic mass is 32.1. The fourth-order valence-corrected chi connectivity index (χ4v) is 4.40. The molecule has 120 valence electrons. The summed E-state index contributed by atoms with van der Waals surface area (Å²) in [5, 5.41) is 13.2. The zero-order chi connectivity index (χ0) is 15.8. The van der Waals surface area contributed by atoms with E-state index in [0.29, 0.717) is 5.01 Å². The first-order valence-electron chi connectivity index (χ1n) is 7.96. The van der Waals surface area contributed by atoms with Crippen molar-refractivity contribution in [2.75, 3.05) is 19.6 Å². The second-order valence-electron chi connectivity index (χ2n) is 6.40. The maximum absolute atomic E-state index is 12.4. The van der Waals surface area contributed by atoms with Crippen molar-refractivity contribution in [1.82, 2.24) is 15.2 Å². The zero-order valence-electron chi connectivity index (χ0n) is 12.7. The molecule has 2 fully saturated rings. The monoisotopic (exact) mass is 329 g/mol. The molecule has 23 heavy (non-hydrogen) atoms. The number of aromatic hydroxyl groups is 1. The lowest BCUT2D eigenvalue weighted by atomic mass is 9.97. The first-order valence-corrected chi connectivity index (χ1v) is 8.77. The third kappa shape index (κ3) is 3.09. The van der Waals surface area contributed by atoms with Crippen LogP contribution in [-0.4, -0.2) is 46.6 Å². The molecule has 0 spiro atoms. The largest absolute Gasteiger partial charge is 0.508 e. The number of nitrogens with zero attached hydrogens (tertiary/aromatic N) is 2. The topological polar surface area (TPSA) is 65.5 Å². The molecule has 2 N–H and O–H groups in total. The molecule has 2 aliphatic heterocycles. The van der Waals surface area contributed by atoms with E-state index >= 15 is 0 Å². The normalized spacial score (nSPS) is 26.2. The van der Waals surface area contributed by atoms with Crippen molar-refractivity contribution >= 4 is 17.2 Å². The number of rotatable bonds is 3. The number of fused-ring (bicyclic) bond motifs is 2. The molecule has 5 nitrogen and oxygen atoms in total. The van der Waals surface area contributed by atoms with Crippen molar-refractivity contribution in [2.24, 2.45) is 5.92 Å². The van der Waals surface area contributed by atoms with Crippen molar-refractivity contribution in [2.45, 2.75) is 18.9 Å². The molecule has 2 saturated heterocycles. The molecule has 2 bridgehead atoms. The summed E-state index contributed by atoms with van der Waals surface area (Å²) in [5.41, 5.74) is 0.878. The summed E-state index contributed by atoms with van der Waals surface area (Å²) in [6.45, 7) is 3.30. The average Bonchev–Trinajstić information content (AvgIpc) is 3.14. The van der Waals surface area contributed by atoms with Crippen LogP contribution < -0.4 is 5.32 Å². The quantitative estimate of drug-likeness (QED) is 0.907. The van der Waals surface area contributed by atoms with Crippen LogP contribution in [-0.2, 0) is 0 Å². The number of hydrogen-bond acceptors (Lipinski definition) is 5. The van der Waals surface area contributed by atoms with Gasteiger partial charge in [0.2, 0.25) is 0 Å². The van der Waals surface area contributed by atoms with Gasteiger partial charge in [-0.1, -0.05) is 12.1 Å². The minimum atomic E-state index is -0.0890. The second-order valence-corrected chi connectivity index (χ2v) is 7.43. The second kappa shape index (κ2) is 5.94.